The molecule has 1 rings (SSSR count). The van der Waals surface area contributed by atoms with Crippen LogP contribution in [0.15, 0.2) is 18.2 Å². The van der Waals surface area contributed by atoms with Gasteiger partial charge in [-0.05, 0) is 26.0 Å². The zero-order valence-electron chi connectivity index (χ0n) is 10.7. The minimum atomic E-state index is 0.812. The van der Waals surface area contributed by atoms with Gasteiger partial charge in [-0.25, -0.2) is 0 Å². The van der Waals surface area contributed by atoms with Gasteiger partial charge in [-0.3, -0.25) is 0 Å². The van der Waals surface area contributed by atoms with E-state index in [1.807, 2.05) is 12.1 Å². The molecule has 0 atom stereocenters. The molecule has 0 bridgehead atoms. The summed E-state index contributed by atoms with van der Waals surface area (Å²) in [7, 11) is 3.37. The first-order valence-electron chi connectivity index (χ1n) is 5.80. The minimum absolute atomic E-state index is 0.812. The number of hydrogen-bond donors (Lipinski definition) is 1. The Morgan fingerprint density at radius 3 is 2.25 bits per heavy atom. The van der Waals surface area contributed by atoms with E-state index in [0.29, 0.717) is 0 Å². The Balaban J connectivity index is 2.94. The van der Waals surface area contributed by atoms with Crippen LogP contribution in [0.5, 0.6) is 11.5 Å². The van der Waals surface area contributed by atoms with Crippen molar-refractivity contribution in [2.75, 3.05) is 27.3 Å². The Morgan fingerprint density at radius 2 is 1.75 bits per heavy atom. The lowest BCUT2D eigenvalue weighted by Crippen LogP contribution is -3.10. The zero-order valence-corrected chi connectivity index (χ0v) is 10.7. The lowest BCUT2D eigenvalue weighted by molar-refractivity contribution is -0.910. The number of rotatable bonds is 6. The van der Waals surface area contributed by atoms with Gasteiger partial charge in [0.1, 0.15) is 6.54 Å². The molecule has 0 saturated carbocycles. The Hall–Kier alpha value is -1.22. The number of methoxy groups -OCH3 is 2. The smallest absolute Gasteiger partial charge is 0.169 e. The molecule has 0 aliphatic carbocycles. The Labute approximate surface area is 98.0 Å². The first kappa shape index (κ1) is 12.8. The van der Waals surface area contributed by atoms with Gasteiger partial charge < -0.3 is 14.4 Å². The van der Waals surface area contributed by atoms with Crippen LogP contribution in [0.2, 0.25) is 0 Å². The van der Waals surface area contributed by atoms with Crippen molar-refractivity contribution in [1.29, 1.82) is 0 Å². The fourth-order valence-electron chi connectivity index (χ4n) is 1.86. The van der Waals surface area contributed by atoms with Crippen LogP contribution in [-0.4, -0.2) is 27.3 Å². The van der Waals surface area contributed by atoms with E-state index in [4.69, 9.17) is 9.47 Å². The second-order valence-corrected chi connectivity index (χ2v) is 3.79. The topological polar surface area (TPSA) is 22.9 Å². The Kier molecular flexibility index (Phi) is 5.12. The molecule has 0 unspecified atom stereocenters. The largest absolute Gasteiger partial charge is 0.493 e. The van der Waals surface area contributed by atoms with Crippen molar-refractivity contribution in [2.24, 2.45) is 0 Å². The van der Waals surface area contributed by atoms with Crippen LogP contribution in [0.3, 0.4) is 0 Å². The van der Waals surface area contributed by atoms with Gasteiger partial charge in [-0.2, -0.15) is 0 Å². The van der Waals surface area contributed by atoms with E-state index in [2.05, 4.69) is 19.9 Å². The van der Waals surface area contributed by atoms with Crippen molar-refractivity contribution in [3.05, 3.63) is 23.8 Å². The third kappa shape index (κ3) is 2.89. The molecular formula is C13H22NO2+. The standard InChI is InChI=1S/C13H21NO2/c1-5-14(6-2)10-11-8-7-9-12(15-3)13(11)16-4/h7-9H,5-6,10H2,1-4H3/p+1. The molecule has 0 spiro atoms. The highest BCUT2D eigenvalue weighted by Crippen LogP contribution is 2.29. The highest BCUT2D eigenvalue weighted by Gasteiger charge is 2.13. The van der Waals surface area contributed by atoms with Crippen molar-refractivity contribution >= 4 is 0 Å². The summed E-state index contributed by atoms with van der Waals surface area (Å²) in [5.41, 5.74) is 1.21. The molecule has 16 heavy (non-hydrogen) atoms. The predicted octanol–water partition coefficient (Wildman–Crippen LogP) is 1.13. The molecule has 0 amide bonds. The molecule has 3 heteroatoms. The van der Waals surface area contributed by atoms with Gasteiger partial charge in [0.15, 0.2) is 11.5 Å². The summed E-state index contributed by atoms with van der Waals surface area (Å²) in [6, 6.07) is 6.05. The normalized spacial score (nSPS) is 10.6. The molecule has 3 nitrogen and oxygen atoms in total. The summed E-state index contributed by atoms with van der Waals surface area (Å²) >= 11 is 0. The number of ether oxygens (including phenoxy) is 2. The fourth-order valence-corrected chi connectivity index (χ4v) is 1.86. The van der Waals surface area contributed by atoms with E-state index < -0.39 is 0 Å². The summed E-state index contributed by atoms with van der Waals surface area (Å²) in [6.07, 6.45) is 0. The van der Waals surface area contributed by atoms with E-state index in [0.717, 1.165) is 31.1 Å². The number of benzene rings is 1. The molecule has 1 aromatic rings. The van der Waals surface area contributed by atoms with Crippen molar-refractivity contribution in [2.45, 2.75) is 20.4 Å². The summed E-state index contributed by atoms with van der Waals surface area (Å²) < 4.78 is 10.7. The molecule has 1 aromatic carbocycles. The maximum atomic E-state index is 5.42. The van der Waals surface area contributed by atoms with Crippen LogP contribution in [0, 0.1) is 0 Å². The van der Waals surface area contributed by atoms with Crippen molar-refractivity contribution in [1.82, 2.24) is 0 Å². The second-order valence-electron chi connectivity index (χ2n) is 3.79. The number of nitrogens with one attached hydrogen (secondary N) is 1. The van der Waals surface area contributed by atoms with Crippen LogP contribution in [0.1, 0.15) is 19.4 Å². The summed E-state index contributed by atoms with van der Waals surface area (Å²) in [5.74, 6) is 1.68. The van der Waals surface area contributed by atoms with Gasteiger partial charge in [0, 0.05) is 0 Å². The number of quaternary nitrogens is 1. The highest BCUT2D eigenvalue weighted by molar-refractivity contribution is 5.46. The van der Waals surface area contributed by atoms with E-state index in [1.165, 1.54) is 10.5 Å². The van der Waals surface area contributed by atoms with Crippen LogP contribution in [-0.2, 0) is 6.54 Å². The van der Waals surface area contributed by atoms with E-state index in [1.54, 1.807) is 14.2 Å². The molecule has 90 valence electrons. The second kappa shape index (κ2) is 6.38. The zero-order chi connectivity index (χ0) is 12.0. The van der Waals surface area contributed by atoms with E-state index >= 15 is 0 Å². The van der Waals surface area contributed by atoms with Crippen LogP contribution < -0.4 is 14.4 Å². The minimum Gasteiger partial charge on any atom is -0.493 e. The van der Waals surface area contributed by atoms with Crippen molar-refractivity contribution < 1.29 is 14.4 Å². The first-order valence-corrected chi connectivity index (χ1v) is 5.80. The summed E-state index contributed by atoms with van der Waals surface area (Å²) in [5, 5.41) is 0. The number of hydrogen-bond acceptors (Lipinski definition) is 2. The van der Waals surface area contributed by atoms with Gasteiger partial charge in [-0.1, -0.05) is 6.07 Å². The molecule has 1 N–H and O–H groups in total. The third-order valence-electron chi connectivity index (χ3n) is 2.92. The molecule has 0 heterocycles. The van der Waals surface area contributed by atoms with Gasteiger partial charge in [0.25, 0.3) is 0 Å². The summed E-state index contributed by atoms with van der Waals surface area (Å²) in [4.78, 5) is 1.53. The predicted molar refractivity (Wildman–Crippen MR) is 65.3 cm³/mol. The fraction of sp³-hybridized carbons (Fsp3) is 0.538. The quantitative estimate of drug-likeness (QED) is 0.783. The lowest BCUT2D eigenvalue weighted by atomic mass is 10.1. The van der Waals surface area contributed by atoms with Gasteiger partial charge in [0.05, 0.1) is 32.9 Å². The van der Waals surface area contributed by atoms with Crippen molar-refractivity contribution in [3.63, 3.8) is 0 Å². The van der Waals surface area contributed by atoms with E-state index in [9.17, 15) is 0 Å². The van der Waals surface area contributed by atoms with Gasteiger partial charge >= 0.3 is 0 Å². The Bertz CT molecular complexity index is 322. The highest BCUT2D eigenvalue weighted by atomic mass is 16.5. The average molecular weight is 224 g/mol. The third-order valence-corrected chi connectivity index (χ3v) is 2.92. The van der Waals surface area contributed by atoms with Crippen molar-refractivity contribution in [3.8, 4) is 11.5 Å². The lowest BCUT2D eigenvalue weighted by Gasteiger charge is -2.18. The monoisotopic (exact) mass is 224 g/mol. The maximum Gasteiger partial charge on any atom is 0.169 e. The summed E-state index contributed by atoms with van der Waals surface area (Å²) in [6.45, 7) is 7.62. The SMILES string of the molecule is CC[NH+](CC)Cc1cccc(OC)c1OC. The Morgan fingerprint density at radius 1 is 1.06 bits per heavy atom. The first-order chi connectivity index (χ1) is 7.76. The van der Waals surface area contributed by atoms with E-state index in [-0.39, 0.29) is 0 Å². The molecule has 0 fully saturated rings. The molecular weight excluding hydrogens is 202 g/mol. The average Bonchev–Trinajstić information content (AvgIpc) is 2.35. The molecule has 0 aliphatic heterocycles. The van der Waals surface area contributed by atoms with Crippen LogP contribution >= 0.6 is 0 Å². The maximum absolute atomic E-state index is 5.42. The molecule has 0 radical (unpaired) electrons. The number of para-hydroxylation sites is 1. The van der Waals surface area contributed by atoms with Crippen LogP contribution in [0.4, 0.5) is 0 Å². The molecule has 0 aromatic heterocycles. The molecule has 0 saturated heterocycles. The van der Waals surface area contributed by atoms with Gasteiger partial charge in [-0.15, -0.1) is 0 Å². The van der Waals surface area contributed by atoms with Gasteiger partial charge in [0.2, 0.25) is 0 Å². The van der Waals surface area contributed by atoms with Crippen LogP contribution in [0.25, 0.3) is 0 Å². The molecule has 0 aliphatic rings.